The van der Waals surface area contributed by atoms with E-state index in [-0.39, 0.29) is 11.5 Å². The van der Waals surface area contributed by atoms with E-state index in [1.54, 1.807) is 12.3 Å². The molecule has 27 heavy (non-hydrogen) atoms. The van der Waals surface area contributed by atoms with Gasteiger partial charge in [-0.05, 0) is 37.0 Å². The highest BCUT2D eigenvalue weighted by Crippen LogP contribution is 2.22. The van der Waals surface area contributed by atoms with Crippen molar-refractivity contribution in [3.63, 3.8) is 0 Å². The van der Waals surface area contributed by atoms with Crippen LogP contribution in [0.1, 0.15) is 38.4 Å². The van der Waals surface area contributed by atoms with E-state index in [9.17, 15) is 9.59 Å². The van der Waals surface area contributed by atoms with Gasteiger partial charge in [0.25, 0.3) is 5.91 Å². The second-order valence-electron chi connectivity index (χ2n) is 7.01. The van der Waals surface area contributed by atoms with Crippen LogP contribution in [0.25, 0.3) is 0 Å². The topological polar surface area (TPSA) is 71.0 Å². The van der Waals surface area contributed by atoms with E-state index in [0.29, 0.717) is 31.6 Å². The summed E-state index contributed by atoms with van der Waals surface area (Å²) in [5.41, 5.74) is 5.39. The Morgan fingerprint density at radius 1 is 1.19 bits per heavy atom. The molecule has 1 aliphatic rings. The van der Waals surface area contributed by atoms with Crippen molar-refractivity contribution in [3.05, 3.63) is 86.6 Å². The van der Waals surface area contributed by atoms with Crippen molar-refractivity contribution in [1.82, 2.24) is 19.7 Å². The van der Waals surface area contributed by atoms with Crippen molar-refractivity contribution in [2.45, 2.75) is 33.4 Å². The van der Waals surface area contributed by atoms with Gasteiger partial charge in [0.2, 0.25) is 5.56 Å². The van der Waals surface area contributed by atoms with Gasteiger partial charge < -0.3 is 9.88 Å². The van der Waals surface area contributed by atoms with Crippen LogP contribution in [0.4, 0.5) is 0 Å². The predicted molar refractivity (Wildman–Crippen MR) is 103 cm³/mol. The van der Waals surface area contributed by atoms with E-state index < -0.39 is 0 Å². The molecular formula is C21H22N4O2. The van der Waals surface area contributed by atoms with Gasteiger partial charge in [0.1, 0.15) is 0 Å². The maximum atomic E-state index is 13.2. The molecule has 0 unspecified atom stereocenters. The number of hydrogen-bond acceptors (Lipinski definition) is 3. The van der Waals surface area contributed by atoms with Crippen LogP contribution >= 0.6 is 0 Å². The fourth-order valence-corrected chi connectivity index (χ4v) is 3.71. The van der Waals surface area contributed by atoms with Crippen molar-refractivity contribution in [2.75, 3.05) is 6.54 Å². The third kappa shape index (κ3) is 3.30. The molecule has 2 aromatic heterocycles. The molecule has 138 valence electrons. The fraction of sp³-hybridized carbons (Fsp3) is 0.286. The van der Waals surface area contributed by atoms with Crippen molar-refractivity contribution >= 4 is 5.91 Å². The molecule has 1 aromatic carbocycles. The zero-order valence-corrected chi connectivity index (χ0v) is 15.5. The highest BCUT2D eigenvalue weighted by atomic mass is 16.2. The van der Waals surface area contributed by atoms with Gasteiger partial charge in [-0.2, -0.15) is 5.10 Å². The molecule has 3 aromatic rings. The number of aromatic nitrogens is 3. The second-order valence-corrected chi connectivity index (χ2v) is 7.01. The minimum Gasteiger partial charge on any atom is -0.334 e. The van der Waals surface area contributed by atoms with Gasteiger partial charge in [-0.3, -0.25) is 14.3 Å². The highest BCUT2D eigenvalue weighted by Gasteiger charge is 2.27. The zero-order chi connectivity index (χ0) is 19.0. The lowest BCUT2D eigenvalue weighted by atomic mass is 10.0. The SMILES string of the molecule is Cc1nn(Cc2ccccc2)c(C)c1C(=O)N1CCc2cc(=O)[nH]cc2C1. The summed E-state index contributed by atoms with van der Waals surface area (Å²) in [6.45, 7) is 5.60. The summed E-state index contributed by atoms with van der Waals surface area (Å²) in [5, 5.41) is 4.60. The van der Waals surface area contributed by atoms with E-state index in [1.807, 2.05) is 41.6 Å². The maximum Gasteiger partial charge on any atom is 0.257 e. The summed E-state index contributed by atoms with van der Waals surface area (Å²) in [5.74, 6) is 0.00108. The van der Waals surface area contributed by atoms with Gasteiger partial charge >= 0.3 is 0 Å². The number of rotatable bonds is 3. The summed E-state index contributed by atoms with van der Waals surface area (Å²) in [7, 11) is 0. The third-order valence-corrected chi connectivity index (χ3v) is 5.18. The summed E-state index contributed by atoms with van der Waals surface area (Å²) < 4.78 is 1.90. The smallest absolute Gasteiger partial charge is 0.257 e. The van der Waals surface area contributed by atoms with Crippen LogP contribution in [0.5, 0.6) is 0 Å². The van der Waals surface area contributed by atoms with Gasteiger partial charge in [-0.25, -0.2) is 0 Å². The molecule has 0 radical (unpaired) electrons. The first-order valence-corrected chi connectivity index (χ1v) is 9.10. The van der Waals surface area contributed by atoms with Crippen molar-refractivity contribution in [1.29, 1.82) is 0 Å². The number of hydrogen-bond donors (Lipinski definition) is 1. The number of aromatic amines is 1. The van der Waals surface area contributed by atoms with E-state index in [4.69, 9.17) is 0 Å². The largest absolute Gasteiger partial charge is 0.334 e. The minimum absolute atomic E-state index is 0.00108. The molecule has 0 saturated carbocycles. The first kappa shape index (κ1) is 17.3. The van der Waals surface area contributed by atoms with Crippen LogP contribution in [0.2, 0.25) is 0 Å². The monoisotopic (exact) mass is 362 g/mol. The lowest BCUT2D eigenvalue weighted by molar-refractivity contribution is 0.0733. The number of benzene rings is 1. The highest BCUT2D eigenvalue weighted by molar-refractivity contribution is 5.96. The van der Waals surface area contributed by atoms with Gasteiger partial charge in [0, 0.05) is 31.0 Å². The quantitative estimate of drug-likeness (QED) is 0.778. The van der Waals surface area contributed by atoms with Crippen LogP contribution in [0.3, 0.4) is 0 Å². The molecule has 6 nitrogen and oxygen atoms in total. The van der Waals surface area contributed by atoms with E-state index in [1.165, 1.54) is 0 Å². The molecule has 0 atom stereocenters. The number of carbonyl (C=O) groups is 1. The second kappa shape index (κ2) is 6.87. The van der Waals surface area contributed by atoms with Crippen LogP contribution in [-0.4, -0.2) is 32.1 Å². The predicted octanol–water partition coefficient (Wildman–Crippen LogP) is 2.44. The molecule has 0 fully saturated rings. The lowest BCUT2D eigenvalue weighted by Gasteiger charge is -2.28. The summed E-state index contributed by atoms with van der Waals surface area (Å²) in [4.78, 5) is 29.2. The molecule has 1 aliphatic heterocycles. The molecule has 1 amide bonds. The van der Waals surface area contributed by atoms with Crippen LogP contribution in [0.15, 0.2) is 47.4 Å². The van der Waals surface area contributed by atoms with E-state index in [2.05, 4.69) is 22.2 Å². The Balaban J connectivity index is 1.59. The Hall–Kier alpha value is -3.15. The molecular weight excluding hydrogens is 340 g/mol. The number of carbonyl (C=O) groups excluding carboxylic acids is 1. The first-order chi connectivity index (χ1) is 13.0. The number of nitrogens with one attached hydrogen (secondary N) is 1. The van der Waals surface area contributed by atoms with Crippen molar-refractivity contribution in [3.8, 4) is 0 Å². The number of fused-ring (bicyclic) bond motifs is 1. The molecule has 0 bridgehead atoms. The average Bonchev–Trinajstić information content (AvgIpc) is 2.95. The summed E-state index contributed by atoms with van der Waals surface area (Å²) >= 11 is 0. The average molecular weight is 362 g/mol. The summed E-state index contributed by atoms with van der Waals surface area (Å²) in [6, 6.07) is 11.7. The standard InChI is InChI=1S/C21H22N4O2/c1-14-20(15(2)25(23-14)12-16-6-4-3-5-7-16)21(27)24-9-8-17-10-19(26)22-11-18(17)13-24/h3-7,10-11H,8-9,12-13H2,1-2H3,(H,22,26). The fourth-order valence-electron chi connectivity index (χ4n) is 3.71. The Bertz CT molecular complexity index is 1050. The van der Waals surface area contributed by atoms with Crippen molar-refractivity contribution < 1.29 is 4.79 Å². The van der Waals surface area contributed by atoms with E-state index >= 15 is 0 Å². The summed E-state index contributed by atoms with van der Waals surface area (Å²) in [6.07, 6.45) is 2.41. The molecule has 4 rings (SSSR count). The Kier molecular flexibility index (Phi) is 4.39. The zero-order valence-electron chi connectivity index (χ0n) is 15.5. The van der Waals surface area contributed by atoms with Crippen molar-refractivity contribution in [2.24, 2.45) is 0 Å². The molecule has 3 heterocycles. The first-order valence-electron chi connectivity index (χ1n) is 9.10. The van der Waals surface area contributed by atoms with Crippen LogP contribution in [0, 0.1) is 13.8 Å². The van der Waals surface area contributed by atoms with Crippen LogP contribution < -0.4 is 5.56 Å². The minimum atomic E-state index is -0.0950. The van der Waals surface area contributed by atoms with Gasteiger partial charge in [0.15, 0.2) is 0 Å². The molecule has 0 aliphatic carbocycles. The Morgan fingerprint density at radius 2 is 1.96 bits per heavy atom. The van der Waals surface area contributed by atoms with Gasteiger partial charge in [0.05, 0.1) is 17.8 Å². The van der Waals surface area contributed by atoms with Gasteiger partial charge in [-0.15, -0.1) is 0 Å². The number of pyridine rings is 1. The lowest BCUT2D eigenvalue weighted by Crippen LogP contribution is -2.37. The Labute approximate surface area is 157 Å². The number of H-pyrrole nitrogens is 1. The molecule has 6 heteroatoms. The Morgan fingerprint density at radius 3 is 2.74 bits per heavy atom. The maximum absolute atomic E-state index is 13.2. The van der Waals surface area contributed by atoms with E-state index in [0.717, 1.165) is 28.1 Å². The number of amides is 1. The molecule has 1 N–H and O–H groups in total. The number of aryl methyl sites for hydroxylation is 1. The third-order valence-electron chi connectivity index (χ3n) is 5.18. The normalized spacial score (nSPS) is 13.5. The molecule has 0 spiro atoms. The van der Waals surface area contributed by atoms with Gasteiger partial charge in [-0.1, -0.05) is 30.3 Å². The van der Waals surface area contributed by atoms with Crippen LogP contribution in [-0.2, 0) is 19.5 Å². The molecule has 0 saturated heterocycles. The number of nitrogens with zero attached hydrogens (tertiary/aromatic N) is 3.